The molecule has 0 fully saturated rings. The van der Waals surface area contributed by atoms with Crippen molar-refractivity contribution in [1.29, 1.82) is 0 Å². The molecule has 0 unspecified atom stereocenters. The molecule has 26 heavy (non-hydrogen) atoms. The number of ether oxygens (including phenoxy) is 1. The molecule has 0 radical (unpaired) electrons. The standard InChI is InChI=1S/C18H17N3O5/c22-16(19-10-13-4-3-9-25-13)11-26-17(23)7-8-21-12-20-15-6-2-1-5-14(15)18(21)24/h1-6,9,12H,7-8,10-11H2,(H,19,22). The van der Waals surface area contributed by atoms with Gasteiger partial charge < -0.3 is 14.5 Å². The summed E-state index contributed by atoms with van der Waals surface area (Å²) in [5, 5.41) is 3.06. The number of hydrogen-bond acceptors (Lipinski definition) is 6. The van der Waals surface area contributed by atoms with Crippen molar-refractivity contribution in [2.45, 2.75) is 19.5 Å². The van der Waals surface area contributed by atoms with Gasteiger partial charge in [-0.25, -0.2) is 4.98 Å². The number of furan rings is 1. The Hall–Kier alpha value is -3.42. The van der Waals surface area contributed by atoms with Crippen molar-refractivity contribution in [2.75, 3.05) is 6.61 Å². The second-order valence-electron chi connectivity index (χ2n) is 5.53. The summed E-state index contributed by atoms with van der Waals surface area (Å²) in [6, 6.07) is 10.4. The van der Waals surface area contributed by atoms with Gasteiger partial charge in [-0.2, -0.15) is 0 Å². The molecule has 3 rings (SSSR count). The third-order valence-electron chi connectivity index (χ3n) is 3.69. The van der Waals surface area contributed by atoms with Crippen LogP contribution in [-0.4, -0.2) is 28.0 Å². The number of fused-ring (bicyclic) bond motifs is 1. The highest BCUT2D eigenvalue weighted by Gasteiger charge is 2.10. The van der Waals surface area contributed by atoms with E-state index in [1.807, 2.05) is 0 Å². The van der Waals surface area contributed by atoms with Crippen LogP contribution in [-0.2, 0) is 27.4 Å². The monoisotopic (exact) mass is 355 g/mol. The van der Waals surface area contributed by atoms with Gasteiger partial charge in [0.1, 0.15) is 5.76 Å². The van der Waals surface area contributed by atoms with E-state index in [4.69, 9.17) is 9.15 Å². The summed E-state index contributed by atoms with van der Waals surface area (Å²) in [5.41, 5.74) is 0.379. The second kappa shape index (κ2) is 8.11. The SMILES string of the molecule is O=C(COC(=O)CCn1cnc2ccccc2c1=O)NCc1ccco1. The molecule has 0 aliphatic carbocycles. The number of aromatic nitrogens is 2. The van der Waals surface area contributed by atoms with Crippen LogP contribution in [0.2, 0.25) is 0 Å². The number of benzene rings is 1. The van der Waals surface area contributed by atoms with Gasteiger partial charge in [-0.1, -0.05) is 12.1 Å². The molecule has 0 saturated heterocycles. The number of esters is 1. The van der Waals surface area contributed by atoms with Crippen molar-refractivity contribution in [3.05, 3.63) is 65.1 Å². The lowest BCUT2D eigenvalue weighted by atomic mass is 10.2. The number of aryl methyl sites for hydroxylation is 1. The largest absolute Gasteiger partial charge is 0.467 e. The van der Waals surface area contributed by atoms with E-state index in [0.29, 0.717) is 16.7 Å². The first-order chi connectivity index (χ1) is 12.6. The third kappa shape index (κ3) is 4.35. The Kier molecular flexibility index (Phi) is 5.43. The van der Waals surface area contributed by atoms with E-state index in [2.05, 4.69) is 10.3 Å². The molecule has 8 heteroatoms. The van der Waals surface area contributed by atoms with E-state index in [9.17, 15) is 14.4 Å². The fourth-order valence-electron chi connectivity index (χ4n) is 2.35. The Labute approximate surface area is 148 Å². The van der Waals surface area contributed by atoms with Crippen molar-refractivity contribution in [3.8, 4) is 0 Å². The summed E-state index contributed by atoms with van der Waals surface area (Å²) in [6.07, 6.45) is 2.87. The smallest absolute Gasteiger partial charge is 0.308 e. The molecule has 2 aromatic heterocycles. The van der Waals surface area contributed by atoms with Gasteiger partial charge in [0.05, 0.1) is 36.5 Å². The lowest BCUT2D eigenvalue weighted by Gasteiger charge is -2.07. The molecule has 0 atom stereocenters. The Morgan fingerprint density at radius 1 is 1.19 bits per heavy atom. The highest BCUT2D eigenvalue weighted by atomic mass is 16.5. The molecule has 3 aromatic rings. The number of rotatable bonds is 7. The predicted molar refractivity (Wildman–Crippen MR) is 92.1 cm³/mol. The average molecular weight is 355 g/mol. The van der Waals surface area contributed by atoms with Crippen LogP contribution in [0.15, 0.2) is 58.2 Å². The van der Waals surface area contributed by atoms with Gasteiger partial charge in [-0.3, -0.25) is 19.0 Å². The number of carbonyl (C=O) groups is 2. The molecule has 0 spiro atoms. The van der Waals surface area contributed by atoms with Crippen LogP contribution >= 0.6 is 0 Å². The average Bonchev–Trinajstić information content (AvgIpc) is 3.18. The van der Waals surface area contributed by atoms with E-state index >= 15 is 0 Å². The molecule has 0 aliphatic rings. The van der Waals surface area contributed by atoms with Gasteiger partial charge in [0.2, 0.25) is 0 Å². The Morgan fingerprint density at radius 2 is 2.04 bits per heavy atom. The molecule has 0 aliphatic heterocycles. The summed E-state index contributed by atoms with van der Waals surface area (Å²) in [4.78, 5) is 39.9. The number of hydrogen-bond donors (Lipinski definition) is 1. The van der Waals surface area contributed by atoms with Crippen molar-refractivity contribution in [1.82, 2.24) is 14.9 Å². The zero-order chi connectivity index (χ0) is 18.4. The zero-order valence-electron chi connectivity index (χ0n) is 13.9. The first kappa shape index (κ1) is 17.4. The van der Waals surface area contributed by atoms with E-state index < -0.39 is 11.9 Å². The summed E-state index contributed by atoms with van der Waals surface area (Å²) in [7, 11) is 0. The number of para-hydroxylation sites is 1. The van der Waals surface area contributed by atoms with Crippen molar-refractivity contribution >= 4 is 22.8 Å². The topological polar surface area (TPSA) is 103 Å². The summed E-state index contributed by atoms with van der Waals surface area (Å²) in [6.45, 7) is -0.0323. The minimum absolute atomic E-state index is 0.0363. The molecular formula is C18H17N3O5. The highest BCUT2D eigenvalue weighted by Crippen LogP contribution is 2.05. The second-order valence-corrected chi connectivity index (χ2v) is 5.53. The minimum Gasteiger partial charge on any atom is -0.467 e. The highest BCUT2D eigenvalue weighted by molar-refractivity contribution is 5.80. The molecule has 1 N–H and O–H groups in total. The summed E-state index contributed by atoms with van der Waals surface area (Å²) >= 11 is 0. The van der Waals surface area contributed by atoms with Crippen molar-refractivity contribution < 1.29 is 18.7 Å². The molecule has 134 valence electrons. The van der Waals surface area contributed by atoms with Gasteiger partial charge in [-0.15, -0.1) is 0 Å². The van der Waals surface area contributed by atoms with Crippen LogP contribution < -0.4 is 10.9 Å². The van der Waals surface area contributed by atoms with Crippen LogP contribution in [0.25, 0.3) is 10.9 Å². The maximum absolute atomic E-state index is 12.3. The Morgan fingerprint density at radius 3 is 2.85 bits per heavy atom. The fourth-order valence-corrected chi connectivity index (χ4v) is 2.35. The van der Waals surface area contributed by atoms with Crippen molar-refractivity contribution in [2.24, 2.45) is 0 Å². The van der Waals surface area contributed by atoms with E-state index in [-0.39, 0.29) is 31.7 Å². The van der Waals surface area contributed by atoms with Crippen molar-refractivity contribution in [3.63, 3.8) is 0 Å². The molecule has 1 amide bonds. The number of nitrogens with one attached hydrogen (secondary N) is 1. The lowest BCUT2D eigenvalue weighted by molar-refractivity contribution is -0.148. The third-order valence-corrected chi connectivity index (χ3v) is 3.69. The van der Waals surface area contributed by atoms with Crippen LogP contribution in [0, 0.1) is 0 Å². The van der Waals surface area contributed by atoms with Gasteiger partial charge in [0.15, 0.2) is 6.61 Å². The lowest BCUT2D eigenvalue weighted by Crippen LogP contribution is -2.29. The predicted octanol–water partition coefficient (Wildman–Crippen LogP) is 1.24. The minimum atomic E-state index is -0.571. The first-order valence-electron chi connectivity index (χ1n) is 8.02. The van der Waals surface area contributed by atoms with Gasteiger partial charge in [0.25, 0.3) is 11.5 Å². The van der Waals surface area contributed by atoms with Crippen LogP contribution in [0.5, 0.6) is 0 Å². The maximum Gasteiger partial charge on any atom is 0.308 e. The number of amides is 1. The first-order valence-corrected chi connectivity index (χ1v) is 8.02. The molecule has 0 bridgehead atoms. The number of nitrogens with zero attached hydrogens (tertiary/aromatic N) is 2. The van der Waals surface area contributed by atoms with Crippen LogP contribution in [0.4, 0.5) is 0 Å². The van der Waals surface area contributed by atoms with E-state index in [1.54, 1.807) is 36.4 Å². The molecule has 0 saturated carbocycles. The van der Waals surface area contributed by atoms with E-state index in [0.717, 1.165) is 0 Å². The van der Waals surface area contributed by atoms with Crippen LogP contribution in [0.3, 0.4) is 0 Å². The quantitative estimate of drug-likeness (QED) is 0.640. The van der Waals surface area contributed by atoms with E-state index in [1.165, 1.54) is 17.2 Å². The number of carbonyl (C=O) groups excluding carboxylic acids is 2. The molecule has 1 aromatic carbocycles. The molecular weight excluding hydrogens is 338 g/mol. The fraction of sp³-hybridized carbons (Fsp3) is 0.222. The Balaban J connectivity index is 1.46. The summed E-state index contributed by atoms with van der Waals surface area (Å²) in [5.74, 6) is -0.398. The Bertz CT molecular complexity index is 962. The normalized spacial score (nSPS) is 10.6. The summed E-state index contributed by atoms with van der Waals surface area (Å²) < 4.78 is 11.3. The zero-order valence-corrected chi connectivity index (χ0v) is 13.9. The van der Waals surface area contributed by atoms with Gasteiger partial charge in [0, 0.05) is 6.54 Å². The maximum atomic E-state index is 12.3. The molecule has 2 heterocycles. The molecule has 8 nitrogen and oxygen atoms in total. The van der Waals surface area contributed by atoms with Gasteiger partial charge >= 0.3 is 5.97 Å². The van der Waals surface area contributed by atoms with Crippen LogP contribution in [0.1, 0.15) is 12.2 Å². The van der Waals surface area contributed by atoms with Gasteiger partial charge in [-0.05, 0) is 24.3 Å².